The van der Waals surface area contributed by atoms with Gasteiger partial charge in [0.2, 0.25) is 5.88 Å². The fraction of sp³-hybridized carbons (Fsp3) is 0.200. The summed E-state index contributed by atoms with van der Waals surface area (Å²) in [5.41, 5.74) is 6.02. The summed E-state index contributed by atoms with van der Waals surface area (Å²) >= 11 is 0. The van der Waals surface area contributed by atoms with Gasteiger partial charge < -0.3 is 15.2 Å². The Labute approximate surface area is 117 Å². The van der Waals surface area contributed by atoms with Gasteiger partial charge in [-0.15, -0.1) is 0 Å². The van der Waals surface area contributed by atoms with E-state index < -0.39 is 0 Å². The zero-order valence-electron chi connectivity index (χ0n) is 11.3. The first-order valence-electron chi connectivity index (χ1n) is 6.41. The first-order valence-corrected chi connectivity index (χ1v) is 6.41. The Morgan fingerprint density at radius 3 is 2.70 bits per heavy atom. The van der Waals surface area contributed by atoms with Crippen LogP contribution in [0.15, 0.2) is 42.6 Å². The van der Waals surface area contributed by atoms with Crippen LogP contribution in [-0.2, 0) is 0 Å². The largest absolute Gasteiger partial charge is 0.490 e. The Balaban J connectivity index is 2.21. The highest BCUT2D eigenvalue weighted by molar-refractivity contribution is 5.95. The lowest BCUT2D eigenvalue weighted by Crippen LogP contribution is -2.11. The van der Waals surface area contributed by atoms with Crippen LogP contribution in [0.3, 0.4) is 0 Å². The molecular formula is C15H17N3O2. The molecule has 1 aromatic heterocycles. The van der Waals surface area contributed by atoms with Gasteiger partial charge in [0.25, 0.3) is 0 Å². The molecule has 5 nitrogen and oxygen atoms in total. The summed E-state index contributed by atoms with van der Waals surface area (Å²) in [4.78, 5) is 4.11. The quantitative estimate of drug-likeness (QED) is 0.625. The SMILES string of the molecule is CCCOc1ccccc1Oc1cc(C(=N)N)ccn1. The van der Waals surface area contributed by atoms with E-state index >= 15 is 0 Å². The smallest absolute Gasteiger partial charge is 0.220 e. The highest BCUT2D eigenvalue weighted by atomic mass is 16.5. The van der Waals surface area contributed by atoms with E-state index in [4.69, 9.17) is 20.6 Å². The van der Waals surface area contributed by atoms with Crippen molar-refractivity contribution in [3.63, 3.8) is 0 Å². The molecule has 1 aromatic carbocycles. The maximum Gasteiger partial charge on any atom is 0.220 e. The van der Waals surface area contributed by atoms with Gasteiger partial charge in [0, 0.05) is 17.8 Å². The normalized spacial score (nSPS) is 10.1. The lowest BCUT2D eigenvalue weighted by molar-refractivity contribution is 0.301. The highest BCUT2D eigenvalue weighted by Gasteiger charge is 2.07. The molecule has 1 heterocycles. The molecule has 0 saturated heterocycles. The van der Waals surface area contributed by atoms with Crippen molar-refractivity contribution in [2.75, 3.05) is 6.61 Å². The number of para-hydroxylation sites is 2. The molecule has 2 rings (SSSR count). The van der Waals surface area contributed by atoms with Crippen LogP contribution in [0.4, 0.5) is 0 Å². The van der Waals surface area contributed by atoms with Gasteiger partial charge in [0.05, 0.1) is 6.61 Å². The third-order valence-corrected chi connectivity index (χ3v) is 2.57. The van der Waals surface area contributed by atoms with E-state index in [2.05, 4.69) is 4.98 Å². The first-order chi connectivity index (χ1) is 9.70. The Kier molecular flexibility index (Phi) is 4.55. The minimum atomic E-state index is -0.0206. The Morgan fingerprint density at radius 1 is 1.25 bits per heavy atom. The summed E-state index contributed by atoms with van der Waals surface area (Å²) in [5.74, 6) is 1.62. The summed E-state index contributed by atoms with van der Waals surface area (Å²) in [5, 5.41) is 7.41. The van der Waals surface area contributed by atoms with Crippen molar-refractivity contribution in [2.24, 2.45) is 5.73 Å². The average Bonchev–Trinajstić information content (AvgIpc) is 2.46. The van der Waals surface area contributed by atoms with Crippen molar-refractivity contribution in [1.29, 1.82) is 5.41 Å². The van der Waals surface area contributed by atoms with Crippen LogP contribution in [0.25, 0.3) is 0 Å². The summed E-state index contributed by atoms with van der Waals surface area (Å²) in [6.07, 6.45) is 2.48. The molecule has 0 aliphatic rings. The molecule has 0 aliphatic heterocycles. The summed E-state index contributed by atoms with van der Waals surface area (Å²) < 4.78 is 11.3. The zero-order valence-corrected chi connectivity index (χ0v) is 11.3. The molecule has 5 heteroatoms. The topological polar surface area (TPSA) is 81.2 Å². The van der Waals surface area contributed by atoms with E-state index in [9.17, 15) is 0 Å². The van der Waals surface area contributed by atoms with Gasteiger partial charge in [-0.05, 0) is 24.6 Å². The maximum absolute atomic E-state index is 7.41. The van der Waals surface area contributed by atoms with Gasteiger partial charge in [-0.2, -0.15) is 0 Å². The second-order valence-corrected chi connectivity index (χ2v) is 4.19. The molecule has 0 aliphatic carbocycles. The molecule has 0 fully saturated rings. The fourth-order valence-electron chi connectivity index (χ4n) is 1.61. The predicted molar refractivity (Wildman–Crippen MR) is 77.6 cm³/mol. The fourth-order valence-corrected chi connectivity index (χ4v) is 1.61. The number of aromatic nitrogens is 1. The Hall–Kier alpha value is -2.56. The number of nitrogens with zero attached hydrogens (tertiary/aromatic N) is 1. The minimum absolute atomic E-state index is 0.0206. The minimum Gasteiger partial charge on any atom is -0.490 e. The molecule has 20 heavy (non-hydrogen) atoms. The molecule has 0 spiro atoms. The standard InChI is InChI=1S/C15H17N3O2/c1-2-9-19-12-5-3-4-6-13(12)20-14-10-11(15(16)17)7-8-18-14/h3-8,10H,2,9H2,1H3,(H3,16,17). The van der Waals surface area contributed by atoms with E-state index in [0.29, 0.717) is 29.5 Å². The molecule has 3 N–H and O–H groups in total. The molecule has 2 aromatic rings. The number of hydrogen-bond donors (Lipinski definition) is 2. The molecule has 0 saturated carbocycles. The number of hydrogen-bond acceptors (Lipinski definition) is 4. The van der Waals surface area contributed by atoms with E-state index in [1.165, 1.54) is 0 Å². The lowest BCUT2D eigenvalue weighted by atomic mass is 10.2. The number of rotatable bonds is 6. The molecule has 0 unspecified atom stereocenters. The van der Waals surface area contributed by atoms with Crippen molar-refractivity contribution >= 4 is 5.84 Å². The van der Waals surface area contributed by atoms with Crippen molar-refractivity contribution in [3.05, 3.63) is 48.2 Å². The van der Waals surface area contributed by atoms with E-state index in [1.54, 1.807) is 18.3 Å². The molecule has 0 amide bonds. The van der Waals surface area contributed by atoms with Crippen LogP contribution in [-0.4, -0.2) is 17.4 Å². The monoisotopic (exact) mass is 271 g/mol. The number of benzene rings is 1. The van der Waals surface area contributed by atoms with Gasteiger partial charge in [-0.25, -0.2) is 4.98 Å². The maximum atomic E-state index is 7.41. The number of nitrogens with one attached hydrogen (secondary N) is 1. The number of nitrogens with two attached hydrogens (primary N) is 1. The van der Waals surface area contributed by atoms with Crippen molar-refractivity contribution < 1.29 is 9.47 Å². The second-order valence-electron chi connectivity index (χ2n) is 4.19. The predicted octanol–water partition coefficient (Wildman–Crippen LogP) is 2.95. The van der Waals surface area contributed by atoms with Crippen LogP contribution >= 0.6 is 0 Å². The Bertz CT molecular complexity index is 599. The lowest BCUT2D eigenvalue weighted by Gasteiger charge is -2.11. The van der Waals surface area contributed by atoms with Crippen LogP contribution in [0.2, 0.25) is 0 Å². The van der Waals surface area contributed by atoms with E-state index in [1.807, 2.05) is 31.2 Å². The summed E-state index contributed by atoms with van der Waals surface area (Å²) in [6.45, 7) is 2.67. The molecule has 0 bridgehead atoms. The third kappa shape index (κ3) is 3.47. The van der Waals surface area contributed by atoms with Crippen LogP contribution in [0.5, 0.6) is 17.4 Å². The van der Waals surface area contributed by atoms with Gasteiger partial charge in [0.15, 0.2) is 11.5 Å². The Morgan fingerprint density at radius 2 is 2.00 bits per heavy atom. The zero-order chi connectivity index (χ0) is 14.4. The average molecular weight is 271 g/mol. The number of nitrogen functional groups attached to an aromatic ring is 1. The van der Waals surface area contributed by atoms with Gasteiger partial charge in [-0.3, -0.25) is 5.41 Å². The van der Waals surface area contributed by atoms with E-state index in [0.717, 1.165) is 6.42 Å². The molecule has 0 radical (unpaired) electrons. The number of pyridine rings is 1. The van der Waals surface area contributed by atoms with Crippen molar-refractivity contribution in [1.82, 2.24) is 4.98 Å². The van der Waals surface area contributed by atoms with Crippen LogP contribution < -0.4 is 15.2 Å². The number of ether oxygens (including phenoxy) is 2. The van der Waals surface area contributed by atoms with Gasteiger partial charge in [-0.1, -0.05) is 19.1 Å². The van der Waals surface area contributed by atoms with Crippen molar-refractivity contribution in [3.8, 4) is 17.4 Å². The summed E-state index contributed by atoms with van der Waals surface area (Å²) in [7, 11) is 0. The van der Waals surface area contributed by atoms with Crippen molar-refractivity contribution in [2.45, 2.75) is 13.3 Å². The van der Waals surface area contributed by atoms with Crippen LogP contribution in [0, 0.1) is 5.41 Å². The molecule has 104 valence electrons. The second kappa shape index (κ2) is 6.56. The van der Waals surface area contributed by atoms with Gasteiger partial charge in [0.1, 0.15) is 5.84 Å². The summed E-state index contributed by atoms with van der Waals surface area (Å²) in [6, 6.07) is 10.7. The first kappa shape index (κ1) is 13.9. The third-order valence-electron chi connectivity index (χ3n) is 2.57. The molecule has 0 atom stereocenters. The molecular weight excluding hydrogens is 254 g/mol. The van der Waals surface area contributed by atoms with E-state index in [-0.39, 0.29) is 5.84 Å². The number of amidine groups is 1. The highest BCUT2D eigenvalue weighted by Crippen LogP contribution is 2.30. The van der Waals surface area contributed by atoms with Crippen LogP contribution in [0.1, 0.15) is 18.9 Å². The van der Waals surface area contributed by atoms with Gasteiger partial charge >= 0.3 is 0 Å².